The van der Waals surface area contributed by atoms with Crippen LogP contribution in [0.15, 0.2) is 12.1 Å². The lowest BCUT2D eigenvalue weighted by molar-refractivity contribution is -0.153. The lowest BCUT2D eigenvalue weighted by atomic mass is 10.00. The Labute approximate surface area is 225 Å². The Morgan fingerprint density at radius 3 is 2.57 bits per heavy atom. The molecule has 3 amide bonds. The van der Waals surface area contributed by atoms with Gasteiger partial charge in [0.15, 0.2) is 5.60 Å². The summed E-state index contributed by atoms with van der Waals surface area (Å²) in [6.45, 7) is 8.17. The zero-order valence-corrected chi connectivity index (χ0v) is 22.8. The number of rotatable bonds is 7. The number of carbonyl (C=O) groups excluding carboxylic acids is 3. The van der Waals surface area contributed by atoms with E-state index in [-0.39, 0.29) is 65.5 Å². The summed E-state index contributed by atoms with van der Waals surface area (Å²) in [5.74, 6) is -1.68. The maximum absolute atomic E-state index is 13.6. The summed E-state index contributed by atoms with van der Waals surface area (Å²) in [4.78, 5) is 41.5. The van der Waals surface area contributed by atoms with Gasteiger partial charge in [0.1, 0.15) is 12.2 Å². The molecule has 2 aliphatic rings. The van der Waals surface area contributed by atoms with E-state index >= 15 is 0 Å². The maximum Gasteiger partial charge on any atom is 0.397 e. The van der Waals surface area contributed by atoms with Crippen LogP contribution in [0, 0.1) is 0 Å². The number of anilines is 1. The highest BCUT2D eigenvalue weighted by molar-refractivity contribution is 6.34. The molecule has 2 N–H and O–H groups in total. The number of piperidine rings is 1. The molecule has 0 aliphatic carbocycles. The van der Waals surface area contributed by atoms with Crippen molar-refractivity contribution in [2.75, 3.05) is 31.1 Å². The molecular weight excluding hydrogens is 536 g/mol. The van der Waals surface area contributed by atoms with Crippen molar-refractivity contribution >= 4 is 47.4 Å². The second-order valence-electron chi connectivity index (χ2n) is 9.82. The van der Waals surface area contributed by atoms with Crippen molar-refractivity contribution < 1.29 is 32.3 Å². The zero-order valence-electron chi connectivity index (χ0n) is 21.2. The van der Waals surface area contributed by atoms with Crippen molar-refractivity contribution in [3.05, 3.63) is 22.7 Å². The molecule has 0 spiro atoms. The van der Waals surface area contributed by atoms with Gasteiger partial charge in [0.25, 0.3) is 11.8 Å². The topological polar surface area (TPSA) is 91.0 Å². The average molecular weight is 569 g/mol. The smallest absolute Gasteiger partial charge is 0.397 e. The largest absolute Gasteiger partial charge is 0.476 e. The third-order valence-corrected chi connectivity index (χ3v) is 6.48. The van der Waals surface area contributed by atoms with Crippen molar-refractivity contribution in [1.29, 1.82) is 0 Å². The number of halogens is 5. The third kappa shape index (κ3) is 7.42. The van der Waals surface area contributed by atoms with Gasteiger partial charge in [-0.1, -0.05) is 11.6 Å². The molecule has 2 aliphatic heterocycles. The number of nitrogens with zero attached hydrogens (tertiary/aromatic N) is 2. The summed E-state index contributed by atoms with van der Waals surface area (Å²) in [5.41, 5.74) is -0.824. The molecule has 0 aromatic heterocycles. The van der Waals surface area contributed by atoms with Crippen molar-refractivity contribution in [2.24, 2.45) is 0 Å². The number of hydrogen-bond acceptors (Lipinski definition) is 5. The molecule has 2 heterocycles. The molecule has 1 saturated heterocycles. The van der Waals surface area contributed by atoms with Crippen molar-refractivity contribution in [1.82, 2.24) is 15.5 Å². The van der Waals surface area contributed by atoms with Crippen molar-refractivity contribution in [3.8, 4) is 5.75 Å². The van der Waals surface area contributed by atoms with E-state index in [9.17, 15) is 27.6 Å². The van der Waals surface area contributed by atoms with E-state index in [0.29, 0.717) is 6.54 Å². The molecule has 0 radical (unpaired) electrons. The Bertz CT molecular complexity index is 1010. The lowest BCUT2D eigenvalue weighted by Gasteiger charge is -2.40. The fourth-order valence-corrected chi connectivity index (χ4v) is 4.79. The summed E-state index contributed by atoms with van der Waals surface area (Å²) >= 11 is 6.52. The number of amides is 3. The summed E-state index contributed by atoms with van der Waals surface area (Å²) in [7, 11) is 0. The molecule has 0 bridgehead atoms. The summed E-state index contributed by atoms with van der Waals surface area (Å²) in [6, 6.07) is 2.84. The zero-order chi connectivity index (χ0) is 26.8. The van der Waals surface area contributed by atoms with Gasteiger partial charge in [-0.15, -0.1) is 12.4 Å². The highest BCUT2D eigenvalue weighted by Crippen LogP contribution is 2.41. The minimum atomic E-state index is -4.63. The van der Waals surface area contributed by atoms with E-state index in [4.69, 9.17) is 16.3 Å². The van der Waals surface area contributed by atoms with Gasteiger partial charge in [-0.3, -0.25) is 14.4 Å². The fourth-order valence-electron chi connectivity index (χ4n) is 4.56. The van der Waals surface area contributed by atoms with Crippen LogP contribution >= 0.6 is 24.0 Å². The minimum Gasteiger partial charge on any atom is -0.476 e. The fraction of sp³-hybridized carbons (Fsp3) is 0.625. The number of nitrogens with one attached hydrogen (secondary N) is 2. The van der Waals surface area contributed by atoms with E-state index in [1.807, 2.05) is 13.8 Å². The van der Waals surface area contributed by atoms with Crippen LogP contribution in [0.5, 0.6) is 5.75 Å². The summed E-state index contributed by atoms with van der Waals surface area (Å²) in [6.07, 6.45) is -4.46. The highest BCUT2D eigenvalue weighted by atomic mass is 35.5. The van der Waals surface area contributed by atoms with Gasteiger partial charge in [-0.05, 0) is 53.1 Å². The number of carbonyl (C=O) groups is 3. The molecule has 208 valence electrons. The van der Waals surface area contributed by atoms with Crippen LogP contribution < -0.4 is 20.3 Å². The van der Waals surface area contributed by atoms with Crippen LogP contribution in [0.1, 0.15) is 57.3 Å². The first kappa shape index (κ1) is 31.0. The van der Waals surface area contributed by atoms with E-state index in [0.717, 1.165) is 19.4 Å². The second kappa shape index (κ2) is 12.1. The van der Waals surface area contributed by atoms with Crippen molar-refractivity contribution in [2.45, 2.75) is 70.8 Å². The van der Waals surface area contributed by atoms with E-state index in [1.165, 1.54) is 17.0 Å². The first-order valence-corrected chi connectivity index (χ1v) is 12.3. The van der Waals surface area contributed by atoms with Gasteiger partial charge < -0.3 is 25.2 Å². The molecule has 3 rings (SSSR count). The SMILES string of the molecule is CC(C)N(C(=O)c1cc2c(cc1Cl)OC(C)(C)C(=O)N2CCNC(=O)CC(F)(F)F)[C@@H]1CCCNC1.Cl. The highest BCUT2D eigenvalue weighted by Gasteiger charge is 2.42. The number of fused-ring (bicyclic) bond motifs is 1. The Hall–Kier alpha value is -2.24. The van der Waals surface area contributed by atoms with E-state index < -0.39 is 30.0 Å². The molecule has 1 atom stereocenters. The molecule has 1 aromatic rings. The van der Waals surface area contributed by atoms with Crippen molar-refractivity contribution in [3.63, 3.8) is 0 Å². The quantitative estimate of drug-likeness (QED) is 0.520. The molecule has 13 heteroatoms. The average Bonchev–Trinajstić information content (AvgIpc) is 2.75. The Balaban J connectivity index is 0.00000481. The number of hydrogen-bond donors (Lipinski definition) is 2. The molecule has 1 fully saturated rings. The van der Waals surface area contributed by atoms with E-state index in [1.54, 1.807) is 18.7 Å². The van der Waals surface area contributed by atoms with Crippen LogP contribution in [-0.2, 0) is 9.59 Å². The molecule has 0 unspecified atom stereocenters. The first-order valence-electron chi connectivity index (χ1n) is 11.9. The van der Waals surface area contributed by atoms with Gasteiger partial charge in [0.2, 0.25) is 5.91 Å². The lowest BCUT2D eigenvalue weighted by Crippen LogP contribution is -2.54. The van der Waals surface area contributed by atoms with Gasteiger partial charge in [-0.25, -0.2) is 0 Å². The van der Waals surface area contributed by atoms with Gasteiger partial charge >= 0.3 is 6.18 Å². The van der Waals surface area contributed by atoms with Gasteiger partial charge in [0, 0.05) is 37.8 Å². The molecular formula is C24H33Cl2F3N4O4. The molecule has 0 saturated carbocycles. The Morgan fingerprint density at radius 2 is 2.00 bits per heavy atom. The first-order chi connectivity index (χ1) is 16.7. The summed E-state index contributed by atoms with van der Waals surface area (Å²) in [5, 5.41) is 5.66. The van der Waals surface area contributed by atoms with Crippen LogP contribution in [-0.4, -0.2) is 72.7 Å². The van der Waals surface area contributed by atoms with E-state index in [2.05, 4.69) is 10.6 Å². The van der Waals surface area contributed by atoms with Crippen LogP contribution in [0.3, 0.4) is 0 Å². The number of ether oxygens (including phenoxy) is 1. The van der Waals surface area contributed by atoms with Crippen LogP contribution in [0.25, 0.3) is 0 Å². The summed E-state index contributed by atoms with van der Waals surface area (Å²) < 4.78 is 43.3. The van der Waals surface area contributed by atoms with Gasteiger partial charge in [0.05, 0.1) is 16.3 Å². The monoisotopic (exact) mass is 568 g/mol. The van der Waals surface area contributed by atoms with Crippen LogP contribution in [0.2, 0.25) is 5.02 Å². The maximum atomic E-state index is 13.6. The molecule has 8 nitrogen and oxygen atoms in total. The number of alkyl halides is 3. The predicted molar refractivity (Wildman–Crippen MR) is 137 cm³/mol. The molecule has 37 heavy (non-hydrogen) atoms. The standard InChI is InChI=1S/C24H32ClF3N4O4.ClH/c1-14(2)32(15-6-5-7-29-13-15)21(34)16-10-18-19(11-17(16)25)36-23(3,4)22(35)31(18)9-8-30-20(33)12-24(26,27)28;/h10-11,14-15,29H,5-9,12-13H2,1-4H3,(H,30,33);1H/t15-;/m1./s1. The Morgan fingerprint density at radius 1 is 1.32 bits per heavy atom. The Kier molecular flexibility index (Phi) is 10.1. The number of benzene rings is 1. The normalized spacial score (nSPS) is 19.0. The third-order valence-electron chi connectivity index (χ3n) is 6.17. The predicted octanol–water partition coefficient (Wildman–Crippen LogP) is 3.94. The van der Waals surface area contributed by atoms with Crippen LogP contribution in [0.4, 0.5) is 18.9 Å². The van der Waals surface area contributed by atoms with Gasteiger partial charge in [-0.2, -0.15) is 13.2 Å². The second-order valence-corrected chi connectivity index (χ2v) is 10.2. The molecule has 1 aromatic carbocycles. The minimum absolute atomic E-state index is 0.